The summed E-state index contributed by atoms with van der Waals surface area (Å²) >= 11 is 2.64. The molecule has 0 fully saturated rings. The van der Waals surface area contributed by atoms with Gasteiger partial charge in [0.05, 0.1) is 20.9 Å². The van der Waals surface area contributed by atoms with Crippen LogP contribution in [0.25, 0.3) is 9.88 Å². The van der Waals surface area contributed by atoms with Crippen molar-refractivity contribution in [1.29, 1.82) is 0 Å². The zero-order valence-corrected chi connectivity index (χ0v) is 15.5. The summed E-state index contributed by atoms with van der Waals surface area (Å²) in [5.41, 5.74) is -0.372. The van der Waals surface area contributed by atoms with Gasteiger partial charge in [-0.05, 0) is 17.5 Å². The van der Waals surface area contributed by atoms with E-state index in [-0.39, 0.29) is 21.9 Å². The van der Waals surface area contributed by atoms with E-state index >= 15 is 0 Å². The lowest BCUT2D eigenvalue weighted by Gasteiger charge is -2.12. The zero-order chi connectivity index (χ0) is 19.8. The predicted octanol–water partition coefficient (Wildman–Crippen LogP) is 2.41. The molecule has 0 bridgehead atoms. The number of nitro groups is 1. The Kier molecular flexibility index (Phi) is 4.41. The lowest BCUT2D eigenvalue weighted by Crippen LogP contribution is -2.37. The molecule has 0 saturated carbocycles. The summed E-state index contributed by atoms with van der Waals surface area (Å²) in [6.45, 7) is -0.534. The molecule has 0 spiro atoms. The first kappa shape index (κ1) is 17.9. The van der Waals surface area contributed by atoms with Crippen molar-refractivity contribution in [3.8, 4) is 9.88 Å². The molecule has 0 unspecified atom stereocenters. The van der Waals surface area contributed by atoms with Gasteiger partial charge in [0.25, 0.3) is 17.5 Å². The summed E-state index contributed by atoms with van der Waals surface area (Å²) in [5, 5.41) is 24.0. The highest BCUT2D eigenvalue weighted by Gasteiger charge is 2.37. The molecule has 1 aromatic carbocycles. The summed E-state index contributed by atoms with van der Waals surface area (Å²) in [6.07, 6.45) is 0. The molecule has 4 rings (SSSR count). The van der Waals surface area contributed by atoms with Crippen molar-refractivity contribution in [2.45, 2.75) is 0 Å². The molecule has 2 aromatic heterocycles. The number of fused-ring (bicyclic) bond motifs is 1. The lowest BCUT2D eigenvalue weighted by atomic mass is 10.1. The number of carbonyl (C=O) groups is 3. The molecule has 0 saturated heterocycles. The van der Waals surface area contributed by atoms with Crippen molar-refractivity contribution in [3.63, 3.8) is 0 Å². The van der Waals surface area contributed by atoms with Crippen molar-refractivity contribution in [2.75, 3.05) is 11.9 Å². The number of hydrogen-bond donors (Lipinski definition) is 1. The molecule has 3 aromatic rings. The number of rotatable bonds is 5. The van der Waals surface area contributed by atoms with Gasteiger partial charge in [0.1, 0.15) is 6.54 Å². The monoisotopic (exact) mass is 415 g/mol. The molecule has 10 nitrogen and oxygen atoms in total. The molecule has 0 atom stereocenters. The maximum atomic E-state index is 12.4. The molecule has 0 aliphatic carbocycles. The first-order chi connectivity index (χ1) is 13.4. The lowest BCUT2D eigenvalue weighted by molar-refractivity contribution is -0.384. The van der Waals surface area contributed by atoms with E-state index in [0.29, 0.717) is 5.01 Å². The van der Waals surface area contributed by atoms with Crippen LogP contribution in [0.1, 0.15) is 20.7 Å². The molecule has 28 heavy (non-hydrogen) atoms. The van der Waals surface area contributed by atoms with Crippen LogP contribution in [0.15, 0.2) is 35.7 Å². The largest absolute Gasteiger partial charge is 0.299 e. The SMILES string of the molecule is O=C(CN1C(=O)c2ccc([N+](=O)[O-])cc2C1=O)Nc1nnc(-c2cccs2)s1. The number of hydrogen-bond acceptors (Lipinski definition) is 9. The van der Waals surface area contributed by atoms with E-state index in [0.717, 1.165) is 33.2 Å². The van der Waals surface area contributed by atoms with Crippen molar-refractivity contribution >= 4 is 51.2 Å². The molecule has 3 amide bonds. The van der Waals surface area contributed by atoms with Crippen LogP contribution in [0.4, 0.5) is 10.8 Å². The minimum atomic E-state index is -0.754. The van der Waals surface area contributed by atoms with Gasteiger partial charge in [-0.25, -0.2) is 0 Å². The number of imide groups is 1. The Morgan fingerprint density at radius 2 is 1.96 bits per heavy atom. The van der Waals surface area contributed by atoms with E-state index in [1.807, 2.05) is 17.5 Å². The van der Waals surface area contributed by atoms with Gasteiger partial charge < -0.3 is 0 Å². The first-order valence-electron chi connectivity index (χ1n) is 7.76. The molecular formula is C16H9N5O5S2. The average Bonchev–Trinajstić information content (AvgIpc) is 3.39. The van der Waals surface area contributed by atoms with Gasteiger partial charge in [-0.2, -0.15) is 0 Å². The minimum absolute atomic E-state index is 0.0271. The van der Waals surface area contributed by atoms with Crippen LogP contribution < -0.4 is 5.32 Å². The Labute approximate surface area is 164 Å². The molecule has 12 heteroatoms. The molecule has 1 aliphatic heterocycles. The fourth-order valence-corrected chi connectivity index (χ4v) is 4.16. The van der Waals surface area contributed by atoms with E-state index in [2.05, 4.69) is 15.5 Å². The summed E-state index contributed by atoms with van der Waals surface area (Å²) in [6, 6.07) is 7.12. The number of non-ortho nitro benzene ring substituents is 1. The maximum absolute atomic E-state index is 12.4. The van der Waals surface area contributed by atoms with Crippen LogP contribution in [0.5, 0.6) is 0 Å². The number of thiophene rings is 1. The van der Waals surface area contributed by atoms with Crippen molar-refractivity contribution in [1.82, 2.24) is 15.1 Å². The second-order valence-electron chi connectivity index (χ2n) is 5.62. The molecule has 140 valence electrons. The Morgan fingerprint density at radius 1 is 1.18 bits per heavy atom. The second-order valence-corrected chi connectivity index (χ2v) is 7.55. The Bertz CT molecular complexity index is 1120. The molecular weight excluding hydrogens is 406 g/mol. The maximum Gasteiger partial charge on any atom is 0.270 e. The highest BCUT2D eigenvalue weighted by Crippen LogP contribution is 2.30. The minimum Gasteiger partial charge on any atom is -0.299 e. The summed E-state index contributed by atoms with van der Waals surface area (Å²) in [5.74, 6) is -2.06. The molecule has 1 aliphatic rings. The van der Waals surface area contributed by atoms with E-state index in [1.165, 1.54) is 17.4 Å². The topological polar surface area (TPSA) is 135 Å². The van der Waals surface area contributed by atoms with Gasteiger partial charge in [0.15, 0.2) is 5.01 Å². The number of nitrogens with one attached hydrogen (secondary N) is 1. The molecule has 3 heterocycles. The number of amides is 3. The number of anilines is 1. The van der Waals surface area contributed by atoms with Crippen LogP contribution >= 0.6 is 22.7 Å². The number of aromatic nitrogens is 2. The van der Waals surface area contributed by atoms with Crippen molar-refractivity contribution in [3.05, 3.63) is 57.0 Å². The van der Waals surface area contributed by atoms with Crippen molar-refractivity contribution in [2.24, 2.45) is 0 Å². The predicted molar refractivity (Wildman–Crippen MR) is 100 cm³/mol. The summed E-state index contributed by atoms with van der Waals surface area (Å²) in [4.78, 5) is 48.9. The third-order valence-corrected chi connectivity index (χ3v) is 5.75. The van der Waals surface area contributed by atoms with E-state index in [9.17, 15) is 24.5 Å². The smallest absolute Gasteiger partial charge is 0.270 e. The van der Waals surface area contributed by atoms with Gasteiger partial charge >= 0.3 is 0 Å². The first-order valence-corrected chi connectivity index (χ1v) is 9.45. The van der Waals surface area contributed by atoms with Gasteiger partial charge in [0.2, 0.25) is 11.0 Å². The van der Waals surface area contributed by atoms with Gasteiger partial charge in [-0.1, -0.05) is 17.4 Å². The number of nitrogens with zero attached hydrogens (tertiary/aromatic N) is 4. The van der Waals surface area contributed by atoms with E-state index < -0.39 is 29.2 Å². The normalized spacial score (nSPS) is 12.9. The van der Waals surface area contributed by atoms with Gasteiger partial charge in [0, 0.05) is 12.1 Å². The van der Waals surface area contributed by atoms with Crippen LogP contribution in [-0.2, 0) is 4.79 Å². The van der Waals surface area contributed by atoms with E-state index in [1.54, 1.807) is 0 Å². The van der Waals surface area contributed by atoms with Gasteiger partial charge in [-0.3, -0.25) is 34.7 Å². The Morgan fingerprint density at radius 3 is 2.68 bits per heavy atom. The number of carbonyl (C=O) groups excluding carboxylic acids is 3. The van der Waals surface area contributed by atoms with Crippen LogP contribution in [0, 0.1) is 10.1 Å². The zero-order valence-electron chi connectivity index (χ0n) is 13.8. The highest BCUT2D eigenvalue weighted by molar-refractivity contribution is 7.23. The average molecular weight is 415 g/mol. The quantitative estimate of drug-likeness (QED) is 0.384. The molecule has 1 N–H and O–H groups in total. The second kappa shape index (κ2) is 6.90. The Hall–Kier alpha value is -3.51. The van der Waals surface area contributed by atoms with Crippen molar-refractivity contribution < 1.29 is 19.3 Å². The standard InChI is InChI=1S/C16H9N5O5S2/c22-12(17-16-19-18-13(28-16)11-2-1-5-27-11)7-20-14(23)9-4-3-8(21(25)26)6-10(9)15(20)24/h1-6H,7H2,(H,17,19,22). The molecule has 0 radical (unpaired) electrons. The van der Waals surface area contributed by atoms with Crippen LogP contribution in [-0.4, -0.2) is 44.3 Å². The van der Waals surface area contributed by atoms with Gasteiger partial charge in [-0.15, -0.1) is 21.5 Å². The fraction of sp³-hybridized carbons (Fsp3) is 0.0625. The summed E-state index contributed by atoms with van der Waals surface area (Å²) in [7, 11) is 0. The van der Waals surface area contributed by atoms with Crippen LogP contribution in [0.3, 0.4) is 0 Å². The Balaban J connectivity index is 1.47. The van der Waals surface area contributed by atoms with E-state index in [4.69, 9.17) is 0 Å². The number of benzene rings is 1. The highest BCUT2D eigenvalue weighted by atomic mass is 32.1. The summed E-state index contributed by atoms with van der Waals surface area (Å²) < 4.78 is 0. The third-order valence-electron chi connectivity index (χ3n) is 3.87. The van der Waals surface area contributed by atoms with Crippen LogP contribution in [0.2, 0.25) is 0 Å². The third kappa shape index (κ3) is 3.14. The fourth-order valence-electron chi connectivity index (χ4n) is 2.61. The number of nitro benzene ring substituents is 1.